The van der Waals surface area contributed by atoms with Crippen LogP contribution < -0.4 is 5.32 Å². The summed E-state index contributed by atoms with van der Waals surface area (Å²) >= 11 is 6.88. The SMILES string of the molecule is CCc1nc2ccc(Br)cn2c1C(=O)Nc1ccc(Br)cc1C. The van der Waals surface area contributed by atoms with Crippen LogP contribution in [-0.2, 0) is 6.42 Å². The van der Waals surface area contributed by atoms with Gasteiger partial charge in [0.1, 0.15) is 11.3 Å². The van der Waals surface area contributed by atoms with Gasteiger partial charge in [0.2, 0.25) is 0 Å². The second kappa shape index (κ2) is 6.45. The molecule has 1 amide bonds. The quantitative estimate of drug-likeness (QED) is 0.629. The Labute approximate surface area is 151 Å². The predicted molar refractivity (Wildman–Crippen MR) is 99.1 cm³/mol. The number of anilines is 1. The summed E-state index contributed by atoms with van der Waals surface area (Å²) in [6, 6.07) is 9.59. The Hall–Kier alpha value is -1.66. The van der Waals surface area contributed by atoms with Crippen molar-refractivity contribution >= 4 is 49.1 Å². The molecule has 1 aromatic carbocycles. The smallest absolute Gasteiger partial charge is 0.274 e. The summed E-state index contributed by atoms with van der Waals surface area (Å²) < 4.78 is 3.71. The summed E-state index contributed by atoms with van der Waals surface area (Å²) in [5.74, 6) is -0.155. The lowest BCUT2D eigenvalue weighted by Gasteiger charge is -2.10. The molecule has 23 heavy (non-hydrogen) atoms. The van der Waals surface area contributed by atoms with Gasteiger partial charge in [-0.1, -0.05) is 22.9 Å². The monoisotopic (exact) mass is 435 g/mol. The van der Waals surface area contributed by atoms with Gasteiger partial charge in [0.05, 0.1) is 5.69 Å². The minimum atomic E-state index is -0.155. The van der Waals surface area contributed by atoms with Crippen LogP contribution in [0.1, 0.15) is 28.7 Å². The highest BCUT2D eigenvalue weighted by Crippen LogP contribution is 2.23. The van der Waals surface area contributed by atoms with E-state index in [0.717, 1.165) is 31.5 Å². The molecule has 0 saturated heterocycles. The molecule has 0 aliphatic carbocycles. The Kier molecular flexibility index (Phi) is 4.55. The maximum Gasteiger partial charge on any atom is 0.274 e. The van der Waals surface area contributed by atoms with Crippen molar-refractivity contribution in [1.29, 1.82) is 0 Å². The Balaban J connectivity index is 2.04. The van der Waals surface area contributed by atoms with Crippen molar-refractivity contribution in [3.63, 3.8) is 0 Å². The lowest BCUT2D eigenvalue weighted by molar-refractivity contribution is 0.102. The molecule has 0 atom stereocenters. The van der Waals surface area contributed by atoms with Gasteiger partial charge in [-0.2, -0.15) is 0 Å². The molecule has 6 heteroatoms. The zero-order valence-corrected chi connectivity index (χ0v) is 15.9. The molecule has 0 aliphatic rings. The van der Waals surface area contributed by atoms with Gasteiger partial charge in [0, 0.05) is 20.8 Å². The first-order valence-electron chi connectivity index (χ1n) is 7.23. The van der Waals surface area contributed by atoms with Gasteiger partial charge in [0.25, 0.3) is 5.91 Å². The number of hydrogen-bond donors (Lipinski definition) is 1. The van der Waals surface area contributed by atoms with E-state index in [1.807, 2.05) is 54.8 Å². The summed E-state index contributed by atoms with van der Waals surface area (Å²) in [6.45, 7) is 3.96. The van der Waals surface area contributed by atoms with E-state index in [2.05, 4.69) is 42.2 Å². The van der Waals surface area contributed by atoms with E-state index in [-0.39, 0.29) is 5.91 Å². The van der Waals surface area contributed by atoms with E-state index < -0.39 is 0 Å². The van der Waals surface area contributed by atoms with Crippen LogP contribution in [0.3, 0.4) is 0 Å². The number of pyridine rings is 1. The van der Waals surface area contributed by atoms with Crippen LogP contribution in [0.25, 0.3) is 5.65 Å². The van der Waals surface area contributed by atoms with E-state index in [4.69, 9.17) is 0 Å². The molecule has 2 aromatic heterocycles. The van der Waals surface area contributed by atoms with E-state index in [0.29, 0.717) is 12.1 Å². The van der Waals surface area contributed by atoms with E-state index in [1.165, 1.54) is 0 Å². The molecule has 0 unspecified atom stereocenters. The highest BCUT2D eigenvalue weighted by Gasteiger charge is 2.19. The molecule has 0 fully saturated rings. The number of imidazole rings is 1. The van der Waals surface area contributed by atoms with Gasteiger partial charge in [-0.3, -0.25) is 9.20 Å². The second-order valence-corrected chi connectivity index (χ2v) is 7.08. The first-order valence-corrected chi connectivity index (χ1v) is 8.82. The molecule has 118 valence electrons. The maximum atomic E-state index is 12.8. The van der Waals surface area contributed by atoms with Gasteiger partial charge in [-0.15, -0.1) is 0 Å². The molecule has 3 rings (SSSR count). The lowest BCUT2D eigenvalue weighted by atomic mass is 10.2. The molecular weight excluding hydrogens is 422 g/mol. The molecule has 4 nitrogen and oxygen atoms in total. The van der Waals surface area contributed by atoms with Crippen molar-refractivity contribution in [2.24, 2.45) is 0 Å². The molecule has 3 aromatic rings. The van der Waals surface area contributed by atoms with E-state index in [9.17, 15) is 4.79 Å². The topological polar surface area (TPSA) is 46.4 Å². The van der Waals surface area contributed by atoms with Gasteiger partial charge >= 0.3 is 0 Å². The number of aromatic nitrogens is 2. The fourth-order valence-corrected chi connectivity index (χ4v) is 3.32. The van der Waals surface area contributed by atoms with Gasteiger partial charge in [-0.05, 0) is 65.2 Å². The average molecular weight is 437 g/mol. The number of hydrogen-bond acceptors (Lipinski definition) is 2. The van der Waals surface area contributed by atoms with Crippen molar-refractivity contribution in [1.82, 2.24) is 9.38 Å². The number of benzene rings is 1. The Morgan fingerprint density at radius 3 is 2.65 bits per heavy atom. The highest BCUT2D eigenvalue weighted by atomic mass is 79.9. The molecule has 0 radical (unpaired) electrons. The van der Waals surface area contributed by atoms with Crippen molar-refractivity contribution in [3.05, 3.63) is 62.4 Å². The number of amides is 1. The Morgan fingerprint density at radius 1 is 1.22 bits per heavy atom. The number of halogens is 2. The maximum absolute atomic E-state index is 12.8. The molecular formula is C17H15Br2N3O. The number of fused-ring (bicyclic) bond motifs is 1. The standard InChI is InChI=1S/C17H15Br2N3O/c1-3-13-16(22-9-12(19)5-7-15(22)20-13)17(23)21-14-6-4-11(18)8-10(14)2/h4-9H,3H2,1-2H3,(H,21,23). The zero-order valence-electron chi connectivity index (χ0n) is 12.7. The zero-order chi connectivity index (χ0) is 16.6. The molecule has 2 heterocycles. The second-order valence-electron chi connectivity index (χ2n) is 5.25. The first-order chi connectivity index (χ1) is 11.0. The van der Waals surface area contributed by atoms with Crippen LogP contribution in [-0.4, -0.2) is 15.3 Å². The number of aryl methyl sites for hydroxylation is 2. The lowest BCUT2D eigenvalue weighted by Crippen LogP contribution is -2.17. The minimum absolute atomic E-state index is 0.155. The van der Waals surface area contributed by atoms with Crippen molar-refractivity contribution < 1.29 is 4.79 Å². The molecule has 0 aliphatic heterocycles. The van der Waals surface area contributed by atoms with Gasteiger partial charge in [0.15, 0.2) is 0 Å². The third-order valence-corrected chi connectivity index (χ3v) is 4.60. The summed E-state index contributed by atoms with van der Waals surface area (Å²) in [5, 5.41) is 2.99. The third kappa shape index (κ3) is 3.19. The minimum Gasteiger partial charge on any atom is -0.320 e. The van der Waals surface area contributed by atoms with E-state index in [1.54, 1.807) is 0 Å². The Bertz CT molecular complexity index is 902. The number of carbonyl (C=O) groups excluding carboxylic acids is 1. The van der Waals surface area contributed by atoms with Crippen molar-refractivity contribution in [2.75, 3.05) is 5.32 Å². The molecule has 0 spiro atoms. The number of nitrogens with zero attached hydrogens (tertiary/aromatic N) is 2. The van der Waals surface area contributed by atoms with E-state index >= 15 is 0 Å². The summed E-state index contributed by atoms with van der Waals surface area (Å²) in [7, 11) is 0. The largest absolute Gasteiger partial charge is 0.320 e. The summed E-state index contributed by atoms with van der Waals surface area (Å²) in [5.41, 5.74) is 3.93. The normalized spacial score (nSPS) is 11.0. The number of rotatable bonds is 3. The van der Waals surface area contributed by atoms with Crippen LogP contribution in [0.4, 0.5) is 5.69 Å². The van der Waals surface area contributed by atoms with Gasteiger partial charge < -0.3 is 5.32 Å². The van der Waals surface area contributed by atoms with Crippen LogP contribution in [0.5, 0.6) is 0 Å². The Morgan fingerprint density at radius 2 is 1.96 bits per heavy atom. The molecule has 0 bridgehead atoms. The number of carbonyl (C=O) groups is 1. The van der Waals surface area contributed by atoms with Crippen LogP contribution in [0.15, 0.2) is 45.5 Å². The van der Waals surface area contributed by atoms with Crippen LogP contribution in [0, 0.1) is 6.92 Å². The first kappa shape index (κ1) is 16.2. The van der Waals surface area contributed by atoms with Crippen molar-refractivity contribution in [2.45, 2.75) is 20.3 Å². The highest BCUT2D eigenvalue weighted by molar-refractivity contribution is 9.10. The third-order valence-electron chi connectivity index (χ3n) is 3.64. The average Bonchev–Trinajstić information content (AvgIpc) is 2.87. The fourth-order valence-electron chi connectivity index (χ4n) is 2.50. The molecule has 0 saturated carbocycles. The van der Waals surface area contributed by atoms with Crippen molar-refractivity contribution in [3.8, 4) is 0 Å². The summed E-state index contributed by atoms with van der Waals surface area (Å²) in [6.07, 6.45) is 2.56. The number of nitrogens with one attached hydrogen (secondary N) is 1. The predicted octanol–water partition coefficient (Wildman–Crippen LogP) is 4.98. The van der Waals surface area contributed by atoms with Gasteiger partial charge in [-0.25, -0.2) is 4.98 Å². The van der Waals surface area contributed by atoms with Crippen LogP contribution >= 0.6 is 31.9 Å². The summed E-state index contributed by atoms with van der Waals surface area (Å²) in [4.78, 5) is 17.4. The van der Waals surface area contributed by atoms with Crippen LogP contribution in [0.2, 0.25) is 0 Å². The molecule has 1 N–H and O–H groups in total. The fraction of sp³-hybridized carbons (Fsp3) is 0.176.